The normalized spacial score (nSPS) is 12.6. The molecule has 0 heterocycles. The third kappa shape index (κ3) is 16.7. The molecule has 3 aromatic carbocycles. The van der Waals surface area contributed by atoms with Crippen LogP contribution in [0.3, 0.4) is 0 Å². The molecule has 0 aliphatic heterocycles. The van der Waals surface area contributed by atoms with Crippen LogP contribution in [0.5, 0.6) is 0 Å². The quantitative estimate of drug-likeness (QED) is 0.0998. The van der Waals surface area contributed by atoms with Gasteiger partial charge in [0.05, 0.1) is 0 Å². The number of carbonyl (C=O) groups excluding carboxylic acids is 6. The molecular weight excluding hydrogens is 694 g/mol. The van der Waals surface area contributed by atoms with Crippen LogP contribution in [0, 0.1) is 0 Å². The minimum atomic E-state index is -1.30. The summed E-state index contributed by atoms with van der Waals surface area (Å²) >= 11 is 0. The van der Waals surface area contributed by atoms with Crippen molar-refractivity contribution in [1.82, 2.24) is 16.0 Å². The van der Waals surface area contributed by atoms with Crippen LogP contribution in [-0.2, 0) is 62.7 Å². The largest absolute Gasteiger partial charge is 0.461 e. The van der Waals surface area contributed by atoms with Crippen molar-refractivity contribution in [3.05, 3.63) is 108 Å². The van der Waals surface area contributed by atoms with Gasteiger partial charge < -0.3 is 34.9 Å². The maximum Gasteiger partial charge on any atom is 0.408 e. The molecule has 13 heteroatoms. The van der Waals surface area contributed by atoms with Crippen molar-refractivity contribution in [2.75, 3.05) is 0 Å². The highest BCUT2D eigenvalue weighted by atomic mass is 16.6. The van der Waals surface area contributed by atoms with Gasteiger partial charge in [0.15, 0.2) is 0 Å². The first-order chi connectivity index (χ1) is 25.8. The molecule has 0 spiro atoms. The van der Waals surface area contributed by atoms with Crippen molar-refractivity contribution in [3.8, 4) is 0 Å². The number of benzene rings is 3. The molecule has 0 radical (unpaired) electrons. The van der Waals surface area contributed by atoms with Crippen LogP contribution in [0.2, 0.25) is 0 Å². The molecule has 0 saturated heterocycles. The van der Waals surface area contributed by atoms with Crippen LogP contribution < -0.4 is 16.0 Å². The molecule has 3 atom stereocenters. The topological polar surface area (TPSA) is 175 Å². The fourth-order valence-electron chi connectivity index (χ4n) is 5.05. The van der Waals surface area contributed by atoms with Gasteiger partial charge in [0.1, 0.15) is 43.5 Å². The Bertz CT molecular complexity index is 1650. The summed E-state index contributed by atoms with van der Waals surface area (Å²) in [5.74, 6) is -3.37. The van der Waals surface area contributed by atoms with E-state index in [0.717, 1.165) is 16.7 Å². The van der Waals surface area contributed by atoms with E-state index in [1.54, 1.807) is 57.2 Å². The Kier molecular flexibility index (Phi) is 17.7. The fraction of sp³-hybridized carbons (Fsp3) is 0.415. The summed E-state index contributed by atoms with van der Waals surface area (Å²) in [4.78, 5) is 78.4. The van der Waals surface area contributed by atoms with Crippen LogP contribution in [0.1, 0.15) is 82.9 Å². The van der Waals surface area contributed by atoms with Gasteiger partial charge in [-0.05, 0) is 56.7 Å². The predicted molar refractivity (Wildman–Crippen MR) is 199 cm³/mol. The molecule has 54 heavy (non-hydrogen) atoms. The van der Waals surface area contributed by atoms with Gasteiger partial charge in [-0.2, -0.15) is 0 Å². The molecule has 0 fully saturated rings. The molecule has 13 nitrogen and oxygen atoms in total. The Balaban J connectivity index is 1.67. The van der Waals surface area contributed by atoms with Crippen LogP contribution >= 0.6 is 0 Å². The molecule has 290 valence electrons. The summed E-state index contributed by atoms with van der Waals surface area (Å²) in [7, 11) is 0. The number of rotatable bonds is 20. The number of amides is 3. The Labute approximate surface area is 316 Å². The Morgan fingerprint density at radius 1 is 0.556 bits per heavy atom. The number of esters is 3. The number of carbonyl (C=O) groups is 6. The SMILES string of the molecule is CCCC(NC(=O)C(CCC(=O)NC(CCC(=O)OCc1ccccc1)C(=O)OCc1ccccc1)NC(=O)OC(C)(C)C)C(=O)OCc1ccccc1. The minimum Gasteiger partial charge on any atom is -0.461 e. The van der Waals surface area contributed by atoms with Gasteiger partial charge in [-0.15, -0.1) is 0 Å². The van der Waals surface area contributed by atoms with Crippen LogP contribution in [-0.4, -0.2) is 59.5 Å². The first kappa shape index (κ1) is 42.7. The molecule has 3 N–H and O–H groups in total. The van der Waals surface area contributed by atoms with E-state index in [9.17, 15) is 28.8 Å². The van der Waals surface area contributed by atoms with Gasteiger partial charge in [0.25, 0.3) is 0 Å². The third-order valence-electron chi connectivity index (χ3n) is 7.79. The zero-order valence-electron chi connectivity index (χ0n) is 31.3. The third-order valence-corrected chi connectivity index (χ3v) is 7.79. The van der Waals surface area contributed by atoms with Crippen molar-refractivity contribution < 1.29 is 47.7 Å². The van der Waals surface area contributed by atoms with Crippen molar-refractivity contribution in [1.29, 1.82) is 0 Å². The fourth-order valence-corrected chi connectivity index (χ4v) is 5.05. The average Bonchev–Trinajstić information content (AvgIpc) is 3.15. The zero-order valence-corrected chi connectivity index (χ0v) is 31.3. The van der Waals surface area contributed by atoms with Gasteiger partial charge in [0.2, 0.25) is 11.8 Å². The summed E-state index contributed by atoms with van der Waals surface area (Å²) in [6.45, 7) is 6.81. The lowest BCUT2D eigenvalue weighted by atomic mass is 10.1. The number of alkyl carbamates (subject to hydrolysis) is 1. The first-order valence-corrected chi connectivity index (χ1v) is 18.0. The number of ether oxygens (including phenoxy) is 4. The van der Waals surface area contributed by atoms with Gasteiger partial charge in [-0.1, -0.05) is 104 Å². The Morgan fingerprint density at radius 3 is 1.46 bits per heavy atom. The highest BCUT2D eigenvalue weighted by Gasteiger charge is 2.30. The van der Waals surface area contributed by atoms with Gasteiger partial charge in [-0.3, -0.25) is 14.4 Å². The second-order valence-electron chi connectivity index (χ2n) is 13.6. The van der Waals surface area contributed by atoms with Crippen molar-refractivity contribution in [2.24, 2.45) is 0 Å². The second kappa shape index (κ2) is 22.4. The molecule has 0 aliphatic rings. The zero-order chi connectivity index (χ0) is 39.3. The van der Waals surface area contributed by atoms with Crippen molar-refractivity contribution in [3.63, 3.8) is 0 Å². The van der Waals surface area contributed by atoms with Gasteiger partial charge in [-0.25, -0.2) is 14.4 Å². The van der Waals surface area contributed by atoms with Crippen LogP contribution in [0.4, 0.5) is 4.79 Å². The lowest BCUT2D eigenvalue weighted by molar-refractivity contribution is -0.150. The highest BCUT2D eigenvalue weighted by Crippen LogP contribution is 2.12. The average molecular weight is 746 g/mol. The van der Waals surface area contributed by atoms with E-state index in [-0.39, 0.29) is 51.9 Å². The van der Waals surface area contributed by atoms with Crippen molar-refractivity contribution >= 4 is 35.8 Å². The monoisotopic (exact) mass is 745 g/mol. The lowest BCUT2D eigenvalue weighted by Gasteiger charge is -2.25. The number of hydrogen-bond donors (Lipinski definition) is 3. The molecule has 0 saturated carbocycles. The Morgan fingerprint density at radius 2 is 1.00 bits per heavy atom. The second-order valence-corrected chi connectivity index (χ2v) is 13.6. The summed E-state index contributed by atoms with van der Waals surface area (Å²) in [5, 5.41) is 7.76. The van der Waals surface area contributed by atoms with E-state index in [1.165, 1.54) is 0 Å². The maximum atomic E-state index is 13.6. The van der Waals surface area contributed by atoms with Gasteiger partial charge >= 0.3 is 24.0 Å². The van der Waals surface area contributed by atoms with E-state index in [1.807, 2.05) is 61.5 Å². The highest BCUT2D eigenvalue weighted by molar-refractivity contribution is 5.90. The molecular formula is C41H51N3O10. The van der Waals surface area contributed by atoms with E-state index in [4.69, 9.17) is 18.9 Å². The van der Waals surface area contributed by atoms with E-state index >= 15 is 0 Å². The molecule has 3 amide bonds. The van der Waals surface area contributed by atoms with E-state index < -0.39 is 59.5 Å². The summed E-state index contributed by atoms with van der Waals surface area (Å²) in [6, 6.07) is 23.6. The molecule has 3 aromatic rings. The van der Waals surface area contributed by atoms with E-state index in [2.05, 4.69) is 16.0 Å². The minimum absolute atomic E-state index is 0.00914. The van der Waals surface area contributed by atoms with Crippen LogP contribution in [0.15, 0.2) is 91.0 Å². The summed E-state index contributed by atoms with van der Waals surface area (Å²) in [6.07, 6.45) is -0.956. The summed E-state index contributed by atoms with van der Waals surface area (Å²) < 4.78 is 21.6. The molecule has 3 rings (SSSR count). The smallest absolute Gasteiger partial charge is 0.408 e. The van der Waals surface area contributed by atoms with Gasteiger partial charge in [0, 0.05) is 12.8 Å². The van der Waals surface area contributed by atoms with Crippen LogP contribution in [0.25, 0.3) is 0 Å². The molecule has 0 bridgehead atoms. The molecule has 0 aliphatic carbocycles. The summed E-state index contributed by atoms with van der Waals surface area (Å²) in [5.41, 5.74) is 1.41. The standard InChI is InChI=1S/C41H51N3O10/c1-5-15-33(38(48)52-27-30-18-11-7-12-19-30)43-37(47)32(44-40(50)54-41(2,3)4)22-24-35(45)42-34(39(49)53-28-31-20-13-8-14-21-31)23-25-36(46)51-26-29-16-9-6-10-17-29/h6-14,16-21,32-34H,5,15,22-28H2,1-4H3,(H,42,45)(H,43,47)(H,44,50). The van der Waals surface area contributed by atoms with Crippen molar-refractivity contribution in [2.45, 2.75) is 110 Å². The Hall–Kier alpha value is -5.72. The number of hydrogen-bond acceptors (Lipinski definition) is 10. The molecule has 0 aromatic heterocycles. The maximum absolute atomic E-state index is 13.6. The molecule has 3 unspecified atom stereocenters. The lowest BCUT2D eigenvalue weighted by Crippen LogP contribution is -2.53. The first-order valence-electron chi connectivity index (χ1n) is 18.0. The number of nitrogens with one attached hydrogen (secondary N) is 3. The van der Waals surface area contributed by atoms with E-state index in [0.29, 0.717) is 6.42 Å². The predicted octanol–water partition coefficient (Wildman–Crippen LogP) is 5.44.